The zero-order valence-electron chi connectivity index (χ0n) is 24.1. The molecule has 1 fully saturated rings. The molecule has 0 unspecified atom stereocenters. The van der Waals surface area contributed by atoms with Crippen LogP contribution in [0.4, 0.5) is 11.4 Å². The van der Waals surface area contributed by atoms with Crippen LogP contribution in [0.15, 0.2) is 88.6 Å². The van der Waals surface area contributed by atoms with E-state index in [2.05, 4.69) is 5.32 Å². The summed E-state index contributed by atoms with van der Waals surface area (Å²) in [5.41, 5.74) is 3.03. The van der Waals surface area contributed by atoms with Gasteiger partial charge in [0.2, 0.25) is 5.91 Å². The number of ether oxygens (including phenoxy) is 1. The monoisotopic (exact) mass is 625 g/mol. The molecule has 1 N–H and O–H groups in total. The third-order valence-electron chi connectivity index (χ3n) is 7.62. The average molecular weight is 626 g/mol. The largest absolute Gasteiger partial charge is 0.497 e. The minimum absolute atomic E-state index is 0.126. The molecule has 3 aromatic carbocycles. The Bertz CT molecular complexity index is 1930. The number of amides is 3. The molecule has 2 aliphatic rings. The summed E-state index contributed by atoms with van der Waals surface area (Å²) < 4.78 is 8.68. The van der Waals surface area contributed by atoms with Crippen molar-refractivity contribution in [1.82, 2.24) is 14.3 Å². The molecule has 12 heteroatoms. The Morgan fingerprint density at radius 1 is 0.909 bits per heavy atom. The number of hydrogen-bond donors (Lipinski definition) is 1. The summed E-state index contributed by atoms with van der Waals surface area (Å²) in [5, 5.41) is 2.72. The fourth-order valence-corrected chi connectivity index (χ4v) is 6.62. The molecule has 3 amide bonds. The van der Waals surface area contributed by atoms with Gasteiger partial charge in [0.15, 0.2) is 0 Å². The van der Waals surface area contributed by atoms with E-state index in [-0.39, 0.29) is 40.7 Å². The van der Waals surface area contributed by atoms with Gasteiger partial charge < -0.3 is 10.1 Å². The molecule has 0 saturated carbocycles. The molecule has 10 nitrogen and oxygen atoms in total. The number of nitrogens with zero attached hydrogens (tertiary/aromatic N) is 4. The normalized spacial score (nSPS) is 16.1. The summed E-state index contributed by atoms with van der Waals surface area (Å²) in [6.45, 7) is 1.62. The summed E-state index contributed by atoms with van der Waals surface area (Å²) in [7, 11) is 3.31. The lowest BCUT2D eigenvalue weighted by Gasteiger charge is -2.16. The van der Waals surface area contributed by atoms with Crippen molar-refractivity contribution in [3.63, 3.8) is 0 Å². The molecule has 1 aromatic heterocycles. The van der Waals surface area contributed by atoms with Crippen molar-refractivity contribution in [1.29, 1.82) is 0 Å². The van der Waals surface area contributed by atoms with Crippen molar-refractivity contribution in [2.24, 2.45) is 7.05 Å². The molecule has 0 radical (unpaired) electrons. The number of carbonyl (C=O) groups is 3. The topological polar surface area (TPSA) is 106 Å². The number of thiocarbonyl (C=S) groups is 1. The number of aromatic nitrogens is 2. The number of thioether (sulfide) groups is 1. The SMILES string of the molecule is COc1ccc(CN2C(=O)C(=C3C(=O)N(CC(=O)Nc4c(C)n(C)n(-c5ccccc5)c4=O)c4ccccc43)SC2=S)cc1. The maximum Gasteiger partial charge on any atom is 0.295 e. The Balaban J connectivity index is 1.26. The summed E-state index contributed by atoms with van der Waals surface area (Å²) >= 11 is 6.62. The molecule has 0 bridgehead atoms. The second-order valence-corrected chi connectivity index (χ2v) is 11.8. The number of carbonyl (C=O) groups excluding carboxylic acids is 3. The maximum atomic E-state index is 13.9. The van der Waals surface area contributed by atoms with E-state index in [4.69, 9.17) is 17.0 Å². The van der Waals surface area contributed by atoms with Gasteiger partial charge in [0.1, 0.15) is 22.3 Å². The lowest BCUT2D eigenvalue weighted by molar-refractivity contribution is -0.122. The van der Waals surface area contributed by atoms with E-state index >= 15 is 0 Å². The van der Waals surface area contributed by atoms with Crippen molar-refractivity contribution in [3.8, 4) is 11.4 Å². The number of benzene rings is 3. The Hall–Kier alpha value is -4.94. The van der Waals surface area contributed by atoms with Gasteiger partial charge in [0, 0.05) is 12.6 Å². The van der Waals surface area contributed by atoms with E-state index in [0.717, 1.165) is 17.3 Å². The maximum absolute atomic E-state index is 13.9. The van der Waals surface area contributed by atoms with Gasteiger partial charge >= 0.3 is 0 Å². The lowest BCUT2D eigenvalue weighted by Crippen LogP contribution is -2.36. The van der Waals surface area contributed by atoms with Crippen molar-refractivity contribution >= 4 is 63.0 Å². The van der Waals surface area contributed by atoms with E-state index in [0.29, 0.717) is 32.7 Å². The number of nitrogens with one attached hydrogen (secondary N) is 1. The van der Waals surface area contributed by atoms with Crippen LogP contribution in [0, 0.1) is 6.92 Å². The molecule has 0 atom stereocenters. The van der Waals surface area contributed by atoms with Gasteiger partial charge in [-0.2, -0.15) is 0 Å². The highest BCUT2D eigenvalue weighted by atomic mass is 32.2. The molecular formula is C32H27N5O5S2. The van der Waals surface area contributed by atoms with Gasteiger partial charge in [-0.3, -0.25) is 33.7 Å². The minimum Gasteiger partial charge on any atom is -0.497 e. The number of para-hydroxylation sites is 2. The second-order valence-electron chi connectivity index (χ2n) is 10.2. The summed E-state index contributed by atoms with van der Waals surface area (Å²) in [4.78, 5) is 57.2. The van der Waals surface area contributed by atoms with E-state index < -0.39 is 11.8 Å². The minimum atomic E-state index is -0.549. The van der Waals surface area contributed by atoms with Gasteiger partial charge in [-0.25, -0.2) is 4.68 Å². The van der Waals surface area contributed by atoms with Crippen LogP contribution in [-0.2, 0) is 28.0 Å². The quantitative estimate of drug-likeness (QED) is 0.242. The predicted octanol–water partition coefficient (Wildman–Crippen LogP) is 4.25. The van der Waals surface area contributed by atoms with Crippen molar-refractivity contribution in [3.05, 3.63) is 111 Å². The summed E-state index contributed by atoms with van der Waals surface area (Å²) in [6, 6.07) is 23.4. The first-order valence-corrected chi connectivity index (χ1v) is 14.9. The highest BCUT2D eigenvalue weighted by molar-refractivity contribution is 8.26. The van der Waals surface area contributed by atoms with Crippen molar-refractivity contribution in [2.45, 2.75) is 13.5 Å². The first-order valence-electron chi connectivity index (χ1n) is 13.7. The number of anilines is 2. The summed E-state index contributed by atoms with van der Waals surface area (Å²) in [6.07, 6.45) is 0. The van der Waals surface area contributed by atoms with Gasteiger partial charge in [-0.05, 0) is 42.8 Å². The third kappa shape index (κ3) is 5.01. The highest BCUT2D eigenvalue weighted by Crippen LogP contribution is 2.44. The predicted molar refractivity (Wildman–Crippen MR) is 174 cm³/mol. The Morgan fingerprint density at radius 3 is 2.30 bits per heavy atom. The van der Waals surface area contributed by atoms with Crippen LogP contribution in [0.25, 0.3) is 11.3 Å². The molecule has 0 aliphatic carbocycles. The zero-order chi connectivity index (χ0) is 31.1. The Morgan fingerprint density at radius 2 is 1.59 bits per heavy atom. The number of rotatable bonds is 7. The highest BCUT2D eigenvalue weighted by Gasteiger charge is 2.42. The van der Waals surface area contributed by atoms with Crippen molar-refractivity contribution in [2.75, 3.05) is 23.9 Å². The Kier molecular flexibility index (Phi) is 7.70. The fraction of sp³-hybridized carbons (Fsp3) is 0.156. The molecule has 6 rings (SSSR count). The fourth-order valence-electron chi connectivity index (χ4n) is 5.29. The second kappa shape index (κ2) is 11.6. The molecule has 3 heterocycles. The Labute approximate surface area is 262 Å². The standard InChI is InChI=1S/C32H27N5O5S2/c1-19-27(30(40)37(34(19)2)21-9-5-4-6-10-21)33-25(38)18-35-24-12-8-7-11-23(24)26(29(35)39)28-31(41)36(32(43)44-28)17-20-13-15-22(42-3)16-14-20/h4-16H,17-18H2,1-3H3,(H,33,38). The molecule has 1 saturated heterocycles. The molecule has 4 aromatic rings. The molecule has 2 aliphatic heterocycles. The van der Waals surface area contributed by atoms with Crippen LogP contribution in [0.5, 0.6) is 5.75 Å². The van der Waals surface area contributed by atoms with Crippen LogP contribution in [0.3, 0.4) is 0 Å². The van der Waals surface area contributed by atoms with Gasteiger partial charge in [-0.1, -0.05) is 72.5 Å². The van der Waals surface area contributed by atoms with E-state index in [1.165, 1.54) is 14.5 Å². The van der Waals surface area contributed by atoms with Gasteiger partial charge in [0.25, 0.3) is 17.4 Å². The summed E-state index contributed by atoms with van der Waals surface area (Å²) in [5.74, 6) is -0.713. The van der Waals surface area contributed by atoms with E-state index in [1.54, 1.807) is 74.3 Å². The van der Waals surface area contributed by atoms with E-state index in [9.17, 15) is 19.2 Å². The molecular weight excluding hydrogens is 599 g/mol. The van der Waals surface area contributed by atoms with Crippen LogP contribution in [-0.4, -0.2) is 50.0 Å². The number of hydrogen-bond acceptors (Lipinski definition) is 7. The van der Waals surface area contributed by atoms with Gasteiger partial charge in [0.05, 0.1) is 41.2 Å². The van der Waals surface area contributed by atoms with E-state index in [1.807, 2.05) is 30.3 Å². The number of fused-ring (bicyclic) bond motifs is 1. The molecule has 0 spiro atoms. The van der Waals surface area contributed by atoms with Crippen LogP contribution in [0.2, 0.25) is 0 Å². The lowest BCUT2D eigenvalue weighted by atomic mass is 10.1. The molecule has 44 heavy (non-hydrogen) atoms. The first kappa shape index (κ1) is 29.1. The van der Waals surface area contributed by atoms with Crippen LogP contribution < -0.4 is 20.5 Å². The van der Waals surface area contributed by atoms with Crippen LogP contribution in [0.1, 0.15) is 16.8 Å². The average Bonchev–Trinajstić information content (AvgIpc) is 3.54. The van der Waals surface area contributed by atoms with Crippen LogP contribution >= 0.6 is 24.0 Å². The third-order valence-corrected chi connectivity index (χ3v) is 9.07. The number of methoxy groups -OCH3 is 1. The van der Waals surface area contributed by atoms with Crippen molar-refractivity contribution < 1.29 is 19.1 Å². The molecule has 222 valence electrons. The smallest absolute Gasteiger partial charge is 0.295 e. The first-order chi connectivity index (χ1) is 21.2. The zero-order valence-corrected chi connectivity index (χ0v) is 25.7. The van der Waals surface area contributed by atoms with Gasteiger partial charge in [-0.15, -0.1) is 0 Å².